The van der Waals surface area contributed by atoms with E-state index in [0.717, 1.165) is 9.95 Å². The van der Waals surface area contributed by atoms with E-state index in [1.54, 1.807) is 11.8 Å². The van der Waals surface area contributed by atoms with Crippen molar-refractivity contribution in [3.63, 3.8) is 0 Å². The number of aliphatic hydroxyl groups is 1. The third-order valence-electron chi connectivity index (χ3n) is 2.68. The van der Waals surface area contributed by atoms with Gasteiger partial charge in [0, 0.05) is 12.2 Å². The summed E-state index contributed by atoms with van der Waals surface area (Å²) in [5.41, 5.74) is 0.123. The van der Waals surface area contributed by atoms with Gasteiger partial charge in [-0.15, -0.1) is 18.3 Å². The molecule has 88 valence electrons. The highest BCUT2D eigenvalue weighted by atomic mass is 32.2. The smallest absolute Gasteiger partial charge is 0.0624 e. The summed E-state index contributed by atoms with van der Waals surface area (Å²) in [6.45, 7) is 12.1. The SMILES string of the molecule is C=CCSC(=S)CC(O)C(C)C(C)(C)C. The Kier molecular flexibility index (Phi) is 6.73. The first kappa shape index (κ1) is 15.1. The molecule has 0 bridgehead atoms. The van der Waals surface area contributed by atoms with Crippen LogP contribution in [0.2, 0.25) is 0 Å². The van der Waals surface area contributed by atoms with Crippen molar-refractivity contribution < 1.29 is 5.11 Å². The fourth-order valence-corrected chi connectivity index (χ4v) is 2.10. The van der Waals surface area contributed by atoms with E-state index >= 15 is 0 Å². The van der Waals surface area contributed by atoms with Crippen LogP contribution in [0.25, 0.3) is 0 Å². The fourth-order valence-electron chi connectivity index (χ4n) is 1.14. The van der Waals surface area contributed by atoms with Crippen LogP contribution in [0.3, 0.4) is 0 Å². The van der Waals surface area contributed by atoms with Crippen molar-refractivity contribution in [3.05, 3.63) is 12.7 Å². The molecule has 0 aliphatic carbocycles. The van der Waals surface area contributed by atoms with Crippen LogP contribution in [0.5, 0.6) is 0 Å². The third-order valence-corrected chi connectivity index (χ3v) is 4.09. The van der Waals surface area contributed by atoms with Gasteiger partial charge in [-0.3, -0.25) is 0 Å². The molecule has 1 nitrogen and oxygen atoms in total. The highest BCUT2D eigenvalue weighted by molar-refractivity contribution is 8.23. The zero-order chi connectivity index (χ0) is 12.1. The van der Waals surface area contributed by atoms with Crippen molar-refractivity contribution in [2.24, 2.45) is 11.3 Å². The van der Waals surface area contributed by atoms with Gasteiger partial charge < -0.3 is 5.11 Å². The second kappa shape index (κ2) is 6.66. The molecule has 15 heavy (non-hydrogen) atoms. The molecule has 0 amide bonds. The Labute approximate surface area is 103 Å². The van der Waals surface area contributed by atoms with Crippen molar-refractivity contribution in [2.75, 3.05) is 5.75 Å². The van der Waals surface area contributed by atoms with Crippen molar-refractivity contribution in [3.8, 4) is 0 Å². The summed E-state index contributed by atoms with van der Waals surface area (Å²) >= 11 is 6.78. The minimum Gasteiger partial charge on any atom is -0.392 e. The summed E-state index contributed by atoms with van der Waals surface area (Å²) in [6.07, 6.45) is 2.10. The molecule has 0 saturated carbocycles. The Morgan fingerprint density at radius 3 is 2.47 bits per heavy atom. The second-order valence-electron chi connectivity index (χ2n) is 4.90. The minimum atomic E-state index is -0.338. The molecule has 0 aromatic rings. The first-order valence-electron chi connectivity index (χ1n) is 5.23. The number of hydrogen-bond acceptors (Lipinski definition) is 3. The van der Waals surface area contributed by atoms with E-state index in [-0.39, 0.29) is 17.4 Å². The molecule has 0 aromatic carbocycles. The lowest BCUT2D eigenvalue weighted by Crippen LogP contribution is -2.30. The van der Waals surface area contributed by atoms with E-state index in [1.165, 1.54) is 0 Å². The van der Waals surface area contributed by atoms with Gasteiger partial charge in [0.15, 0.2) is 0 Å². The quantitative estimate of drug-likeness (QED) is 0.590. The van der Waals surface area contributed by atoms with Crippen LogP contribution in [0, 0.1) is 11.3 Å². The van der Waals surface area contributed by atoms with Crippen LogP contribution >= 0.6 is 24.0 Å². The normalized spacial score (nSPS) is 15.8. The molecule has 0 radical (unpaired) electrons. The molecule has 0 rings (SSSR count). The largest absolute Gasteiger partial charge is 0.392 e. The average molecular weight is 246 g/mol. The van der Waals surface area contributed by atoms with Gasteiger partial charge in [-0.2, -0.15) is 0 Å². The molecule has 0 aromatic heterocycles. The summed E-state index contributed by atoms with van der Waals surface area (Å²) in [4.78, 5) is 0. The highest BCUT2D eigenvalue weighted by Gasteiger charge is 2.27. The predicted octanol–water partition coefficient (Wildman–Crippen LogP) is 3.67. The summed E-state index contributed by atoms with van der Waals surface area (Å²) < 4.78 is 0.874. The molecule has 0 spiro atoms. The Morgan fingerprint density at radius 1 is 1.53 bits per heavy atom. The Morgan fingerprint density at radius 2 is 2.07 bits per heavy atom. The predicted molar refractivity (Wildman–Crippen MR) is 74.5 cm³/mol. The molecule has 2 atom stereocenters. The van der Waals surface area contributed by atoms with Crippen LogP contribution in [-0.2, 0) is 0 Å². The Bertz CT molecular complexity index is 218. The van der Waals surface area contributed by atoms with Gasteiger partial charge >= 0.3 is 0 Å². The van der Waals surface area contributed by atoms with E-state index in [9.17, 15) is 5.11 Å². The third kappa shape index (κ3) is 6.33. The monoisotopic (exact) mass is 246 g/mol. The van der Waals surface area contributed by atoms with Gasteiger partial charge in [0.05, 0.1) is 10.3 Å². The number of thiocarbonyl (C=S) groups is 1. The maximum atomic E-state index is 10.00. The molecule has 0 aliphatic heterocycles. The van der Waals surface area contributed by atoms with Gasteiger partial charge in [0.1, 0.15) is 0 Å². The zero-order valence-corrected chi connectivity index (χ0v) is 11.8. The summed E-state index contributed by atoms with van der Waals surface area (Å²) in [5.74, 6) is 1.08. The van der Waals surface area contributed by atoms with E-state index in [1.807, 2.05) is 6.08 Å². The molecule has 0 heterocycles. The van der Waals surface area contributed by atoms with Crippen molar-refractivity contribution in [1.29, 1.82) is 0 Å². The van der Waals surface area contributed by atoms with Gasteiger partial charge in [-0.1, -0.05) is 46.0 Å². The van der Waals surface area contributed by atoms with Gasteiger partial charge in [0.25, 0.3) is 0 Å². The number of aliphatic hydroxyl groups excluding tert-OH is 1. The molecule has 1 N–H and O–H groups in total. The number of hydrogen-bond donors (Lipinski definition) is 1. The maximum Gasteiger partial charge on any atom is 0.0624 e. The lowest BCUT2D eigenvalue weighted by atomic mass is 9.78. The van der Waals surface area contributed by atoms with Gasteiger partial charge in [-0.05, 0) is 11.3 Å². The lowest BCUT2D eigenvalue weighted by molar-refractivity contribution is 0.0606. The Hall–Kier alpha value is 0.140. The number of rotatable bonds is 5. The molecule has 0 saturated heterocycles. The van der Waals surface area contributed by atoms with Crippen LogP contribution in [0.15, 0.2) is 12.7 Å². The Balaban J connectivity index is 4.07. The molecule has 0 aliphatic rings. The maximum absolute atomic E-state index is 10.00. The van der Waals surface area contributed by atoms with Gasteiger partial charge in [-0.25, -0.2) is 0 Å². The van der Waals surface area contributed by atoms with Crippen molar-refractivity contribution >= 4 is 28.2 Å². The van der Waals surface area contributed by atoms with E-state index < -0.39 is 0 Å². The van der Waals surface area contributed by atoms with E-state index in [4.69, 9.17) is 12.2 Å². The molecular formula is C12H22OS2. The molecule has 0 fully saturated rings. The van der Waals surface area contributed by atoms with Crippen molar-refractivity contribution in [2.45, 2.75) is 40.2 Å². The lowest BCUT2D eigenvalue weighted by Gasteiger charge is -2.31. The first-order valence-corrected chi connectivity index (χ1v) is 6.63. The van der Waals surface area contributed by atoms with Crippen LogP contribution in [-0.4, -0.2) is 21.2 Å². The highest BCUT2D eigenvalue weighted by Crippen LogP contribution is 2.30. The zero-order valence-electron chi connectivity index (χ0n) is 10.1. The van der Waals surface area contributed by atoms with Crippen molar-refractivity contribution in [1.82, 2.24) is 0 Å². The molecule has 2 unspecified atom stereocenters. The average Bonchev–Trinajstić information content (AvgIpc) is 2.11. The minimum absolute atomic E-state index is 0.123. The number of thioether (sulfide) groups is 1. The van der Waals surface area contributed by atoms with E-state index in [0.29, 0.717) is 6.42 Å². The first-order chi connectivity index (χ1) is 6.79. The van der Waals surface area contributed by atoms with Crippen LogP contribution in [0.1, 0.15) is 34.1 Å². The summed E-state index contributed by atoms with van der Waals surface area (Å²) in [7, 11) is 0. The summed E-state index contributed by atoms with van der Waals surface area (Å²) in [5, 5.41) is 10.00. The van der Waals surface area contributed by atoms with Crippen LogP contribution in [0.4, 0.5) is 0 Å². The fraction of sp³-hybridized carbons (Fsp3) is 0.750. The molecular weight excluding hydrogens is 224 g/mol. The summed E-state index contributed by atoms with van der Waals surface area (Å²) in [6, 6.07) is 0. The van der Waals surface area contributed by atoms with Crippen LogP contribution < -0.4 is 0 Å². The molecule has 3 heteroatoms. The second-order valence-corrected chi connectivity index (χ2v) is 6.76. The standard InChI is InChI=1S/C12H22OS2/c1-6-7-15-11(14)8-10(13)9(2)12(3,4)5/h6,9-10,13H,1,7-8H2,2-5H3. The van der Waals surface area contributed by atoms with Gasteiger partial charge in [0.2, 0.25) is 0 Å². The topological polar surface area (TPSA) is 20.2 Å². The van der Waals surface area contributed by atoms with E-state index in [2.05, 4.69) is 34.3 Å².